The Balaban J connectivity index is 3.03. The van der Waals surface area contributed by atoms with Crippen LogP contribution < -0.4 is 10.6 Å². The summed E-state index contributed by atoms with van der Waals surface area (Å²) in [6, 6.07) is 4.37. The van der Waals surface area contributed by atoms with Gasteiger partial charge < -0.3 is 15.5 Å². The van der Waals surface area contributed by atoms with Crippen LogP contribution in [0.3, 0.4) is 0 Å². The lowest BCUT2D eigenvalue weighted by Crippen LogP contribution is -2.38. The molecule has 0 fully saturated rings. The molecule has 1 amide bonds. The van der Waals surface area contributed by atoms with Crippen LogP contribution in [-0.2, 0) is 4.79 Å². The number of nitrogens with one attached hydrogen (secondary N) is 2. The van der Waals surface area contributed by atoms with Gasteiger partial charge >= 0.3 is 5.69 Å². The van der Waals surface area contributed by atoms with Gasteiger partial charge in [0.15, 0.2) is 0 Å². The zero-order valence-electron chi connectivity index (χ0n) is 12.1. The van der Waals surface area contributed by atoms with Crippen molar-refractivity contribution in [3.05, 3.63) is 28.3 Å². The Morgan fingerprint density at radius 1 is 1.45 bits per heavy atom. The zero-order chi connectivity index (χ0) is 15.3. The molecule has 1 unspecified atom stereocenters. The van der Waals surface area contributed by atoms with Crippen molar-refractivity contribution >= 4 is 23.0 Å². The number of carbonyl (C=O) groups is 1. The average Bonchev–Trinajstić information content (AvgIpc) is 2.44. The van der Waals surface area contributed by atoms with Crippen molar-refractivity contribution in [2.75, 3.05) is 31.3 Å². The van der Waals surface area contributed by atoms with Gasteiger partial charge in [0.05, 0.1) is 4.92 Å². The van der Waals surface area contributed by atoms with Crippen LogP contribution in [0, 0.1) is 10.1 Å². The van der Waals surface area contributed by atoms with Crippen LogP contribution in [0.25, 0.3) is 0 Å². The molecule has 0 saturated carbocycles. The highest BCUT2D eigenvalue weighted by molar-refractivity contribution is 5.86. The Morgan fingerprint density at radius 2 is 2.05 bits per heavy atom. The fraction of sp³-hybridized carbons (Fsp3) is 0.462. The number of nitro groups is 1. The van der Waals surface area contributed by atoms with E-state index in [2.05, 4.69) is 10.6 Å². The normalized spacial score (nSPS) is 11.6. The Hall–Kier alpha value is -2.31. The maximum Gasteiger partial charge on any atom is 0.315 e. The molecule has 0 radical (unpaired) electrons. The summed E-state index contributed by atoms with van der Waals surface area (Å²) in [5.74, 6) is -0.114. The monoisotopic (exact) mass is 280 g/mol. The van der Waals surface area contributed by atoms with Crippen molar-refractivity contribution in [1.29, 1.82) is 0 Å². The number of nitro benzene ring substituents is 1. The first kappa shape index (κ1) is 15.7. The molecule has 2 N–H and O–H groups in total. The molecule has 0 spiro atoms. The fourth-order valence-corrected chi connectivity index (χ4v) is 1.84. The Labute approximate surface area is 118 Å². The van der Waals surface area contributed by atoms with Crippen LogP contribution in [0.15, 0.2) is 18.2 Å². The molecule has 7 nitrogen and oxygen atoms in total. The van der Waals surface area contributed by atoms with E-state index in [1.165, 1.54) is 0 Å². The standard InChI is InChI=1S/C13H20N4O3/c1-5-16(4)13(18)9(2)15-11-8-6-7-10(14-3)12(11)17(19)20/h6-9,14-15H,5H2,1-4H3. The van der Waals surface area contributed by atoms with Crippen LogP contribution in [-0.4, -0.2) is 42.4 Å². The summed E-state index contributed by atoms with van der Waals surface area (Å²) in [4.78, 5) is 24.3. The van der Waals surface area contributed by atoms with E-state index in [-0.39, 0.29) is 11.6 Å². The number of benzene rings is 1. The molecular formula is C13H20N4O3. The number of anilines is 2. The molecule has 1 aromatic rings. The lowest BCUT2D eigenvalue weighted by atomic mass is 10.2. The van der Waals surface area contributed by atoms with Gasteiger partial charge in [-0.1, -0.05) is 6.07 Å². The quantitative estimate of drug-likeness (QED) is 0.614. The highest BCUT2D eigenvalue weighted by Crippen LogP contribution is 2.32. The molecule has 0 aliphatic heterocycles. The van der Waals surface area contributed by atoms with E-state index in [1.54, 1.807) is 44.1 Å². The van der Waals surface area contributed by atoms with Gasteiger partial charge in [-0.25, -0.2) is 0 Å². The van der Waals surface area contributed by atoms with Crippen LogP contribution in [0.4, 0.5) is 17.1 Å². The molecule has 7 heteroatoms. The van der Waals surface area contributed by atoms with Gasteiger partial charge in [0.25, 0.3) is 0 Å². The number of para-hydroxylation sites is 1. The van der Waals surface area contributed by atoms with Crippen molar-refractivity contribution in [2.45, 2.75) is 19.9 Å². The number of amides is 1. The van der Waals surface area contributed by atoms with E-state index in [0.29, 0.717) is 17.9 Å². The smallest absolute Gasteiger partial charge is 0.315 e. The number of likely N-dealkylation sites (N-methyl/N-ethyl adjacent to an activating group) is 1. The van der Waals surface area contributed by atoms with E-state index in [0.717, 1.165) is 0 Å². The molecule has 110 valence electrons. The molecule has 0 heterocycles. The topological polar surface area (TPSA) is 87.5 Å². The molecule has 0 aliphatic carbocycles. The number of carbonyl (C=O) groups excluding carboxylic acids is 1. The van der Waals surface area contributed by atoms with Crippen LogP contribution in [0.5, 0.6) is 0 Å². The Bertz CT molecular complexity index is 504. The van der Waals surface area contributed by atoms with Crippen molar-refractivity contribution in [1.82, 2.24) is 4.90 Å². The molecule has 1 atom stereocenters. The van der Waals surface area contributed by atoms with E-state index in [4.69, 9.17) is 0 Å². The Morgan fingerprint density at radius 3 is 2.55 bits per heavy atom. The summed E-state index contributed by atoms with van der Waals surface area (Å²) in [6.45, 7) is 4.14. The molecule has 1 rings (SSSR count). The predicted octanol–water partition coefficient (Wildman–Crippen LogP) is 1.92. The highest BCUT2D eigenvalue weighted by atomic mass is 16.6. The van der Waals surface area contributed by atoms with Gasteiger partial charge in [-0.2, -0.15) is 0 Å². The third kappa shape index (κ3) is 3.37. The number of nitrogens with zero attached hydrogens (tertiary/aromatic N) is 2. The minimum Gasteiger partial charge on any atom is -0.382 e. The zero-order valence-corrected chi connectivity index (χ0v) is 12.1. The largest absolute Gasteiger partial charge is 0.382 e. The summed E-state index contributed by atoms with van der Waals surface area (Å²) in [6.07, 6.45) is 0. The van der Waals surface area contributed by atoms with Gasteiger partial charge in [-0.15, -0.1) is 0 Å². The number of hydrogen-bond donors (Lipinski definition) is 2. The van der Waals surface area contributed by atoms with E-state index in [9.17, 15) is 14.9 Å². The lowest BCUT2D eigenvalue weighted by molar-refractivity contribution is -0.383. The van der Waals surface area contributed by atoms with Gasteiger partial charge in [-0.05, 0) is 26.0 Å². The molecule has 0 bridgehead atoms. The minimum absolute atomic E-state index is 0.0613. The van der Waals surface area contributed by atoms with E-state index < -0.39 is 11.0 Å². The number of hydrogen-bond acceptors (Lipinski definition) is 5. The summed E-state index contributed by atoms with van der Waals surface area (Å²) >= 11 is 0. The van der Waals surface area contributed by atoms with Crippen molar-refractivity contribution in [3.63, 3.8) is 0 Å². The van der Waals surface area contributed by atoms with Crippen LogP contribution in [0.2, 0.25) is 0 Å². The van der Waals surface area contributed by atoms with Crippen molar-refractivity contribution in [3.8, 4) is 0 Å². The molecule has 0 saturated heterocycles. The lowest BCUT2D eigenvalue weighted by Gasteiger charge is -2.21. The van der Waals surface area contributed by atoms with Crippen LogP contribution in [0.1, 0.15) is 13.8 Å². The van der Waals surface area contributed by atoms with Gasteiger partial charge in [0.2, 0.25) is 5.91 Å². The second-order valence-corrected chi connectivity index (χ2v) is 4.43. The third-order valence-electron chi connectivity index (χ3n) is 3.08. The van der Waals surface area contributed by atoms with Crippen molar-refractivity contribution < 1.29 is 9.72 Å². The van der Waals surface area contributed by atoms with Gasteiger partial charge in [0, 0.05) is 20.6 Å². The maximum atomic E-state index is 12.0. The summed E-state index contributed by atoms with van der Waals surface area (Å²) < 4.78 is 0. The van der Waals surface area contributed by atoms with E-state index in [1.807, 2.05) is 6.92 Å². The maximum absolute atomic E-state index is 12.0. The summed E-state index contributed by atoms with van der Waals surface area (Å²) in [5, 5.41) is 16.9. The average molecular weight is 280 g/mol. The molecule has 0 aliphatic rings. The molecule has 1 aromatic carbocycles. The summed E-state index contributed by atoms with van der Waals surface area (Å²) in [7, 11) is 3.31. The minimum atomic E-state index is -0.536. The molecular weight excluding hydrogens is 260 g/mol. The molecule has 20 heavy (non-hydrogen) atoms. The SMILES string of the molecule is CCN(C)C(=O)C(C)Nc1cccc(NC)c1[N+](=O)[O-]. The molecule has 0 aromatic heterocycles. The first-order chi connectivity index (χ1) is 9.42. The Kier molecular flexibility index (Phi) is 5.31. The number of rotatable bonds is 6. The van der Waals surface area contributed by atoms with E-state index >= 15 is 0 Å². The van der Waals surface area contributed by atoms with Crippen LogP contribution >= 0.6 is 0 Å². The highest BCUT2D eigenvalue weighted by Gasteiger charge is 2.23. The third-order valence-corrected chi connectivity index (χ3v) is 3.08. The first-order valence-corrected chi connectivity index (χ1v) is 6.39. The van der Waals surface area contributed by atoms with Gasteiger partial charge in [0.1, 0.15) is 17.4 Å². The van der Waals surface area contributed by atoms with Gasteiger partial charge in [-0.3, -0.25) is 14.9 Å². The fourth-order valence-electron chi connectivity index (χ4n) is 1.84. The second kappa shape index (κ2) is 6.74. The van der Waals surface area contributed by atoms with Crippen molar-refractivity contribution in [2.24, 2.45) is 0 Å². The second-order valence-electron chi connectivity index (χ2n) is 4.43. The summed E-state index contributed by atoms with van der Waals surface area (Å²) in [5.41, 5.74) is 0.671. The predicted molar refractivity (Wildman–Crippen MR) is 79.0 cm³/mol. The first-order valence-electron chi connectivity index (χ1n) is 6.39.